The summed E-state index contributed by atoms with van der Waals surface area (Å²) in [6.07, 6.45) is 2.37. The third kappa shape index (κ3) is 1.76. The van der Waals surface area contributed by atoms with E-state index in [0.717, 1.165) is 17.7 Å². The lowest BCUT2D eigenvalue weighted by atomic mass is 9.99. The summed E-state index contributed by atoms with van der Waals surface area (Å²) in [7, 11) is 0. The van der Waals surface area contributed by atoms with Crippen LogP contribution < -0.4 is 0 Å². The number of nitrogens with zero attached hydrogens (tertiary/aromatic N) is 1. The molecule has 1 heterocycles. The minimum atomic E-state index is 0.439. The summed E-state index contributed by atoms with van der Waals surface area (Å²) in [6.45, 7) is 6.18. The summed E-state index contributed by atoms with van der Waals surface area (Å²) < 4.78 is 0. The van der Waals surface area contributed by atoms with Crippen molar-refractivity contribution in [1.29, 1.82) is 0 Å². The topological polar surface area (TPSA) is 45.8 Å². The van der Waals surface area contributed by atoms with Gasteiger partial charge in [-0.2, -0.15) is 0 Å². The number of nitrogens with one attached hydrogen (secondary N) is 1. The van der Waals surface area contributed by atoms with Crippen molar-refractivity contribution in [3.05, 3.63) is 40.7 Å². The van der Waals surface area contributed by atoms with Gasteiger partial charge in [-0.05, 0) is 31.9 Å². The van der Waals surface area contributed by atoms with Gasteiger partial charge in [0, 0.05) is 11.8 Å². The Balaban J connectivity index is 2.59. The minimum Gasteiger partial charge on any atom is -0.344 e. The van der Waals surface area contributed by atoms with E-state index < -0.39 is 0 Å². The second-order valence-corrected chi connectivity index (χ2v) is 4.07. The number of carbonyl (C=O) groups is 1. The van der Waals surface area contributed by atoms with E-state index in [1.807, 2.05) is 0 Å². The number of aromatic amines is 1. The molecule has 2 aromatic rings. The quantitative estimate of drug-likeness (QED) is 0.781. The van der Waals surface area contributed by atoms with Crippen LogP contribution in [0.25, 0.3) is 11.4 Å². The Labute approximate surface area is 94.5 Å². The van der Waals surface area contributed by atoms with Gasteiger partial charge in [0.2, 0.25) is 0 Å². The highest BCUT2D eigenvalue weighted by atomic mass is 16.1. The fraction of sp³-hybridized carbons (Fsp3) is 0.231. The molecule has 0 atom stereocenters. The lowest BCUT2D eigenvalue weighted by molar-refractivity contribution is 0.111. The molecule has 0 aliphatic rings. The molecule has 0 saturated carbocycles. The Bertz CT molecular complexity index is 518. The van der Waals surface area contributed by atoms with E-state index in [-0.39, 0.29) is 0 Å². The molecule has 3 heteroatoms. The molecule has 0 fully saturated rings. The van der Waals surface area contributed by atoms with E-state index >= 15 is 0 Å². The summed E-state index contributed by atoms with van der Waals surface area (Å²) in [5.41, 5.74) is 5.10. The first kappa shape index (κ1) is 10.6. The molecule has 16 heavy (non-hydrogen) atoms. The largest absolute Gasteiger partial charge is 0.344 e. The Morgan fingerprint density at radius 2 is 1.81 bits per heavy atom. The monoisotopic (exact) mass is 214 g/mol. The zero-order valence-corrected chi connectivity index (χ0v) is 9.66. The summed E-state index contributed by atoms with van der Waals surface area (Å²) in [5.74, 6) is 0.761. The van der Waals surface area contributed by atoms with E-state index in [4.69, 9.17) is 0 Å². The molecule has 3 nitrogen and oxygen atoms in total. The van der Waals surface area contributed by atoms with Crippen LogP contribution in [0.1, 0.15) is 27.2 Å². The van der Waals surface area contributed by atoms with Gasteiger partial charge in [0.15, 0.2) is 6.29 Å². The number of aryl methyl sites for hydroxylation is 3. The van der Waals surface area contributed by atoms with Gasteiger partial charge in [0.25, 0.3) is 0 Å². The van der Waals surface area contributed by atoms with Crippen molar-refractivity contribution in [1.82, 2.24) is 9.97 Å². The van der Waals surface area contributed by atoms with Gasteiger partial charge in [-0.1, -0.05) is 17.7 Å². The average Bonchev–Trinajstić information content (AvgIpc) is 2.64. The van der Waals surface area contributed by atoms with Gasteiger partial charge in [-0.3, -0.25) is 4.79 Å². The Morgan fingerprint density at radius 1 is 1.19 bits per heavy atom. The highest BCUT2D eigenvalue weighted by molar-refractivity contribution is 5.74. The predicted molar refractivity (Wildman–Crippen MR) is 63.6 cm³/mol. The van der Waals surface area contributed by atoms with E-state index in [9.17, 15) is 4.79 Å². The van der Waals surface area contributed by atoms with Crippen LogP contribution in [-0.2, 0) is 0 Å². The lowest BCUT2D eigenvalue weighted by Crippen LogP contribution is -1.92. The summed E-state index contributed by atoms with van der Waals surface area (Å²) in [5, 5.41) is 0. The normalized spacial score (nSPS) is 10.4. The third-order valence-electron chi connectivity index (χ3n) is 2.63. The average molecular weight is 214 g/mol. The number of hydrogen-bond acceptors (Lipinski definition) is 2. The molecule has 0 radical (unpaired) electrons. The number of aldehydes is 1. The Morgan fingerprint density at radius 3 is 2.31 bits per heavy atom. The second-order valence-electron chi connectivity index (χ2n) is 4.07. The van der Waals surface area contributed by atoms with E-state index in [0.29, 0.717) is 5.69 Å². The van der Waals surface area contributed by atoms with Crippen molar-refractivity contribution >= 4 is 6.29 Å². The highest BCUT2D eigenvalue weighted by Crippen LogP contribution is 2.25. The highest BCUT2D eigenvalue weighted by Gasteiger charge is 2.09. The summed E-state index contributed by atoms with van der Waals surface area (Å²) >= 11 is 0. The molecule has 0 spiro atoms. The van der Waals surface area contributed by atoms with Gasteiger partial charge in [0.1, 0.15) is 11.5 Å². The number of aromatic nitrogens is 2. The number of imidazole rings is 1. The Hall–Kier alpha value is -1.90. The van der Waals surface area contributed by atoms with Gasteiger partial charge in [0.05, 0.1) is 0 Å². The molecule has 1 N–H and O–H groups in total. The molecule has 82 valence electrons. The van der Waals surface area contributed by atoms with Gasteiger partial charge in [-0.15, -0.1) is 0 Å². The molecule has 2 rings (SSSR count). The first-order valence-corrected chi connectivity index (χ1v) is 5.20. The van der Waals surface area contributed by atoms with Crippen molar-refractivity contribution in [3.8, 4) is 11.4 Å². The Kier molecular flexibility index (Phi) is 2.60. The van der Waals surface area contributed by atoms with Crippen molar-refractivity contribution in [2.45, 2.75) is 20.8 Å². The van der Waals surface area contributed by atoms with Crippen molar-refractivity contribution in [2.24, 2.45) is 0 Å². The molecule has 1 aromatic carbocycles. The molecule has 0 aliphatic heterocycles. The number of benzene rings is 1. The van der Waals surface area contributed by atoms with Crippen molar-refractivity contribution in [3.63, 3.8) is 0 Å². The van der Waals surface area contributed by atoms with Crippen LogP contribution in [0.15, 0.2) is 18.3 Å². The van der Waals surface area contributed by atoms with Gasteiger partial charge >= 0.3 is 0 Å². The zero-order valence-electron chi connectivity index (χ0n) is 9.66. The molecule has 0 amide bonds. The fourth-order valence-corrected chi connectivity index (χ4v) is 2.08. The molecular weight excluding hydrogens is 200 g/mol. The van der Waals surface area contributed by atoms with Crippen molar-refractivity contribution in [2.75, 3.05) is 0 Å². The maximum atomic E-state index is 10.6. The van der Waals surface area contributed by atoms with Gasteiger partial charge in [-0.25, -0.2) is 4.98 Å². The number of carbonyl (C=O) groups excluding carboxylic acids is 1. The summed E-state index contributed by atoms with van der Waals surface area (Å²) in [4.78, 5) is 17.9. The van der Waals surface area contributed by atoms with Crippen LogP contribution in [0.2, 0.25) is 0 Å². The van der Waals surface area contributed by atoms with Crippen LogP contribution in [-0.4, -0.2) is 16.3 Å². The lowest BCUT2D eigenvalue weighted by Gasteiger charge is -2.08. The third-order valence-corrected chi connectivity index (χ3v) is 2.63. The van der Waals surface area contributed by atoms with E-state index in [1.165, 1.54) is 16.7 Å². The number of H-pyrrole nitrogens is 1. The summed E-state index contributed by atoms with van der Waals surface area (Å²) in [6, 6.07) is 4.23. The van der Waals surface area contributed by atoms with Crippen LogP contribution in [0.3, 0.4) is 0 Å². The maximum absolute atomic E-state index is 10.6. The fourth-order valence-electron chi connectivity index (χ4n) is 2.08. The smallest absolute Gasteiger partial charge is 0.170 e. The minimum absolute atomic E-state index is 0.439. The number of rotatable bonds is 2. The van der Waals surface area contributed by atoms with Crippen molar-refractivity contribution < 1.29 is 4.79 Å². The van der Waals surface area contributed by atoms with Crippen LogP contribution in [0, 0.1) is 20.8 Å². The SMILES string of the molecule is Cc1cc(C)c(-c2nc(C=O)c[nH]2)c(C)c1. The molecule has 1 aromatic heterocycles. The first-order chi connectivity index (χ1) is 7.61. The zero-order chi connectivity index (χ0) is 11.7. The molecule has 0 saturated heterocycles. The number of hydrogen-bond donors (Lipinski definition) is 1. The van der Waals surface area contributed by atoms with E-state index in [1.54, 1.807) is 6.20 Å². The van der Waals surface area contributed by atoms with Gasteiger partial charge < -0.3 is 4.98 Å². The van der Waals surface area contributed by atoms with Crippen LogP contribution >= 0.6 is 0 Å². The second kappa shape index (κ2) is 3.93. The molecule has 0 unspecified atom stereocenters. The van der Waals surface area contributed by atoms with Crippen LogP contribution in [0.5, 0.6) is 0 Å². The molecular formula is C13H14N2O. The predicted octanol–water partition coefficient (Wildman–Crippen LogP) is 2.81. The van der Waals surface area contributed by atoms with E-state index in [2.05, 4.69) is 42.9 Å². The maximum Gasteiger partial charge on any atom is 0.170 e. The molecule has 0 bridgehead atoms. The standard InChI is InChI=1S/C13H14N2O/c1-8-4-9(2)12(10(3)5-8)13-14-6-11(7-16)15-13/h4-7H,1-3H3,(H,14,15). The molecule has 0 aliphatic carbocycles. The first-order valence-electron chi connectivity index (χ1n) is 5.20. The van der Waals surface area contributed by atoms with Crippen LogP contribution in [0.4, 0.5) is 0 Å².